The minimum atomic E-state index is -1.14. The van der Waals surface area contributed by atoms with Crippen molar-refractivity contribution in [3.63, 3.8) is 0 Å². The van der Waals surface area contributed by atoms with Crippen LogP contribution in [0.5, 0.6) is 0 Å². The number of aliphatic hydroxyl groups excluding tert-OH is 1. The highest BCUT2D eigenvalue weighted by Crippen LogP contribution is 2.16. The van der Waals surface area contributed by atoms with Gasteiger partial charge in [0.25, 0.3) is 0 Å². The number of fused-ring (bicyclic) bond motifs is 1. The Morgan fingerprint density at radius 2 is 1.81 bits per heavy atom. The topological polar surface area (TPSA) is 86.6 Å². The molecule has 0 fully saturated rings. The number of carbonyl (C=O) groups is 2. The van der Waals surface area contributed by atoms with Crippen molar-refractivity contribution < 1.29 is 19.8 Å². The molecular formula is C16H17NO4. The molecule has 0 aromatic heterocycles. The number of carbonyl (C=O) groups excluding carboxylic acids is 1. The standard InChI is InChI=1S/C16H17NO4/c18-8-7-14(16(20)21)17-15(19)10-11-5-6-12-3-1-2-4-13(12)9-11/h1-6,9,14,18H,7-8,10H2,(H,17,19)(H,20,21)/t14-/m0/s1. The molecule has 0 radical (unpaired) electrons. The number of hydrogen-bond acceptors (Lipinski definition) is 3. The van der Waals surface area contributed by atoms with Crippen molar-refractivity contribution >= 4 is 22.6 Å². The molecule has 0 aliphatic rings. The van der Waals surface area contributed by atoms with Gasteiger partial charge in [-0.2, -0.15) is 0 Å². The summed E-state index contributed by atoms with van der Waals surface area (Å²) >= 11 is 0. The van der Waals surface area contributed by atoms with Crippen LogP contribution in [-0.4, -0.2) is 34.7 Å². The van der Waals surface area contributed by atoms with Crippen molar-refractivity contribution in [1.82, 2.24) is 5.32 Å². The second-order valence-electron chi connectivity index (χ2n) is 4.83. The summed E-state index contributed by atoms with van der Waals surface area (Å²) in [5, 5.41) is 22.3. The van der Waals surface area contributed by atoms with Gasteiger partial charge in [0.05, 0.1) is 6.42 Å². The van der Waals surface area contributed by atoms with Crippen LogP contribution in [-0.2, 0) is 16.0 Å². The minimum absolute atomic E-state index is 0.00120. The Balaban J connectivity index is 2.05. The number of carboxylic acid groups (broad SMARTS) is 1. The Labute approximate surface area is 122 Å². The molecule has 0 saturated carbocycles. The van der Waals surface area contributed by atoms with Gasteiger partial charge in [-0.1, -0.05) is 42.5 Å². The molecule has 5 nitrogen and oxygen atoms in total. The average Bonchev–Trinajstić information content (AvgIpc) is 2.46. The lowest BCUT2D eigenvalue weighted by Crippen LogP contribution is -2.42. The van der Waals surface area contributed by atoms with E-state index in [2.05, 4.69) is 5.32 Å². The van der Waals surface area contributed by atoms with Gasteiger partial charge in [0.1, 0.15) is 6.04 Å². The van der Waals surface area contributed by atoms with Gasteiger partial charge in [-0.25, -0.2) is 4.79 Å². The van der Waals surface area contributed by atoms with Crippen molar-refractivity contribution in [2.24, 2.45) is 0 Å². The van der Waals surface area contributed by atoms with Gasteiger partial charge in [0.2, 0.25) is 5.91 Å². The van der Waals surface area contributed by atoms with E-state index in [1.807, 2.05) is 42.5 Å². The van der Waals surface area contributed by atoms with Crippen LogP contribution in [0, 0.1) is 0 Å². The third-order valence-electron chi connectivity index (χ3n) is 3.23. The lowest BCUT2D eigenvalue weighted by atomic mass is 10.0. The van der Waals surface area contributed by atoms with Gasteiger partial charge in [-0.3, -0.25) is 4.79 Å². The van der Waals surface area contributed by atoms with E-state index in [1.165, 1.54) is 0 Å². The maximum atomic E-state index is 11.9. The quantitative estimate of drug-likeness (QED) is 0.748. The van der Waals surface area contributed by atoms with Crippen LogP contribution in [0.25, 0.3) is 10.8 Å². The number of amides is 1. The van der Waals surface area contributed by atoms with Crippen molar-refractivity contribution in [2.75, 3.05) is 6.61 Å². The number of aliphatic carboxylic acids is 1. The summed E-state index contributed by atoms with van der Waals surface area (Å²) in [4.78, 5) is 22.8. The third kappa shape index (κ3) is 4.03. The summed E-state index contributed by atoms with van der Waals surface area (Å²) in [6, 6.07) is 12.5. The molecule has 21 heavy (non-hydrogen) atoms. The zero-order valence-electron chi connectivity index (χ0n) is 11.5. The number of hydrogen-bond donors (Lipinski definition) is 3. The van der Waals surface area contributed by atoms with E-state index in [0.717, 1.165) is 16.3 Å². The molecule has 0 spiro atoms. The molecule has 1 amide bonds. The van der Waals surface area contributed by atoms with Crippen molar-refractivity contribution in [2.45, 2.75) is 18.9 Å². The summed E-state index contributed by atoms with van der Waals surface area (Å²) in [5.41, 5.74) is 0.819. The zero-order valence-corrected chi connectivity index (χ0v) is 11.5. The number of rotatable bonds is 6. The minimum Gasteiger partial charge on any atom is -0.480 e. The van der Waals surface area contributed by atoms with Gasteiger partial charge in [-0.05, 0) is 16.3 Å². The summed E-state index contributed by atoms with van der Waals surface area (Å²) < 4.78 is 0. The van der Waals surface area contributed by atoms with E-state index >= 15 is 0 Å². The highest BCUT2D eigenvalue weighted by Gasteiger charge is 2.19. The fourth-order valence-corrected chi connectivity index (χ4v) is 2.17. The Hall–Kier alpha value is -2.40. The monoisotopic (exact) mass is 287 g/mol. The molecule has 2 aromatic carbocycles. The molecule has 0 aliphatic carbocycles. The van der Waals surface area contributed by atoms with Crippen molar-refractivity contribution in [1.29, 1.82) is 0 Å². The highest BCUT2D eigenvalue weighted by atomic mass is 16.4. The fraction of sp³-hybridized carbons (Fsp3) is 0.250. The molecule has 2 aromatic rings. The average molecular weight is 287 g/mol. The number of benzene rings is 2. The lowest BCUT2D eigenvalue weighted by molar-refractivity contribution is -0.142. The summed E-state index contributed by atoms with van der Waals surface area (Å²) in [6.07, 6.45) is 0.110. The predicted octanol–water partition coefficient (Wildman–Crippen LogP) is 1.33. The molecule has 2 rings (SSSR count). The molecule has 3 N–H and O–H groups in total. The summed E-state index contributed by atoms with van der Waals surface area (Å²) in [6.45, 7) is -0.285. The molecule has 1 atom stereocenters. The Kier molecular flexibility index (Phi) is 4.90. The van der Waals surface area contributed by atoms with E-state index in [9.17, 15) is 9.59 Å². The fourth-order valence-electron chi connectivity index (χ4n) is 2.17. The highest BCUT2D eigenvalue weighted by molar-refractivity contribution is 5.87. The normalized spacial score (nSPS) is 12.0. The molecule has 0 unspecified atom stereocenters. The lowest BCUT2D eigenvalue weighted by Gasteiger charge is -2.13. The SMILES string of the molecule is O=C(Cc1ccc2ccccc2c1)N[C@@H](CCO)C(=O)O. The van der Waals surface area contributed by atoms with Crippen LogP contribution in [0.1, 0.15) is 12.0 Å². The van der Waals surface area contributed by atoms with E-state index in [4.69, 9.17) is 10.2 Å². The maximum Gasteiger partial charge on any atom is 0.326 e. The molecule has 0 saturated heterocycles. The first-order chi connectivity index (χ1) is 10.1. The van der Waals surface area contributed by atoms with Crippen LogP contribution in [0.15, 0.2) is 42.5 Å². The predicted molar refractivity (Wildman–Crippen MR) is 78.9 cm³/mol. The molecular weight excluding hydrogens is 270 g/mol. The maximum absolute atomic E-state index is 11.9. The summed E-state index contributed by atoms with van der Waals surface area (Å²) in [7, 11) is 0. The Bertz CT molecular complexity index is 654. The van der Waals surface area contributed by atoms with E-state index < -0.39 is 12.0 Å². The Morgan fingerprint density at radius 1 is 1.10 bits per heavy atom. The van der Waals surface area contributed by atoms with Crippen LogP contribution >= 0.6 is 0 Å². The van der Waals surface area contributed by atoms with Crippen LogP contribution in [0.2, 0.25) is 0 Å². The van der Waals surface area contributed by atoms with Crippen LogP contribution in [0.3, 0.4) is 0 Å². The Morgan fingerprint density at radius 3 is 2.48 bits per heavy atom. The van der Waals surface area contributed by atoms with E-state index in [0.29, 0.717) is 0 Å². The first kappa shape index (κ1) is 15.0. The van der Waals surface area contributed by atoms with Gasteiger partial charge in [0.15, 0.2) is 0 Å². The van der Waals surface area contributed by atoms with Crippen LogP contribution in [0.4, 0.5) is 0 Å². The molecule has 5 heteroatoms. The molecule has 0 aliphatic heterocycles. The van der Waals surface area contributed by atoms with Gasteiger partial charge in [0, 0.05) is 13.0 Å². The van der Waals surface area contributed by atoms with Crippen LogP contribution < -0.4 is 5.32 Å². The number of carboxylic acids is 1. The van der Waals surface area contributed by atoms with Gasteiger partial charge >= 0.3 is 5.97 Å². The smallest absolute Gasteiger partial charge is 0.326 e. The van der Waals surface area contributed by atoms with Crippen molar-refractivity contribution in [3.05, 3.63) is 48.0 Å². The second kappa shape index (κ2) is 6.85. The van der Waals surface area contributed by atoms with Gasteiger partial charge in [-0.15, -0.1) is 0 Å². The number of aliphatic hydroxyl groups is 1. The zero-order chi connectivity index (χ0) is 15.2. The summed E-state index contributed by atoms with van der Waals surface area (Å²) in [5.74, 6) is -1.51. The van der Waals surface area contributed by atoms with E-state index in [1.54, 1.807) is 0 Å². The molecule has 0 heterocycles. The first-order valence-corrected chi connectivity index (χ1v) is 6.71. The van der Waals surface area contributed by atoms with Gasteiger partial charge < -0.3 is 15.5 Å². The number of nitrogens with one attached hydrogen (secondary N) is 1. The molecule has 110 valence electrons. The van der Waals surface area contributed by atoms with E-state index in [-0.39, 0.29) is 25.4 Å². The molecule has 0 bridgehead atoms. The third-order valence-corrected chi connectivity index (χ3v) is 3.23. The largest absolute Gasteiger partial charge is 0.480 e. The second-order valence-corrected chi connectivity index (χ2v) is 4.83. The first-order valence-electron chi connectivity index (χ1n) is 6.71. The van der Waals surface area contributed by atoms with Crippen molar-refractivity contribution in [3.8, 4) is 0 Å².